The second-order valence-corrected chi connectivity index (χ2v) is 7.13. The Bertz CT molecular complexity index is 443. The van der Waals surface area contributed by atoms with Crippen LogP contribution in [-0.2, 0) is 14.4 Å². The third-order valence-corrected chi connectivity index (χ3v) is 3.74. The molecule has 126 valence electrons. The largest absolute Gasteiger partial charge is 0.350 e. The third kappa shape index (κ3) is 4.98. The second kappa shape index (κ2) is 7.09. The van der Waals surface area contributed by atoms with E-state index in [0.717, 1.165) is 0 Å². The molecule has 1 aliphatic heterocycles. The second-order valence-electron chi connectivity index (χ2n) is 7.13. The molecule has 1 unspecified atom stereocenters. The van der Waals surface area contributed by atoms with Gasteiger partial charge in [0.2, 0.25) is 17.7 Å². The number of hydrogen-bond donors (Lipinski definition) is 3. The Morgan fingerprint density at radius 2 is 1.95 bits per heavy atom. The molecule has 22 heavy (non-hydrogen) atoms. The smallest absolute Gasteiger partial charge is 0.239 e. The lowest BCUT2D eigenvalue weighted by molar-refractivity contribution is -0.131. The summed E-state index contributed by atoms with van der Waals surface area (Å²) in [6, 6.07) is -0.841. The molecule has 0 aromatic rings. The monoisotopic (exact) mass is 312 g/mol. The molecule has 1 rings (SSSR count). The quantitative estimate of drug-likeness (QED) is 0.642. The van der Waals surface area contributed by atoms with Crippen LogP contribution in [0.25, 0.3) is 0 Å². The van der Waals surface area contributed by atoms with Gasteiger partial charge in [-0.2, -0.15) is 0 Å². The van der Waals surface area contributed by atoms with E-state index in [4.69, 9.17) is 5.73 Å². The Morgan fingerprint density at radius 1 is 1.36 bits per heavy atom. The van der Waals surface area contributed by atoms with Crippen LogP contribution in [0.15, 0.2) is 0 Å². The highest BCUT2D eigenvalue weighted by Gasteiger charge is 2.36. The van der Waals surface area contributed by atoms with E-state index in [1.165, 1.54) is 0 Å². The number of hydrogen-bond acceptors (Lipinski definition) is 4. The van der Waals surface area contributed by atoms with Crippen LogP contribution in [0, 0.1) is 5.92 Å². The first kappa shape index (κ1) is 18.4. The van der Waals surface area contributed by atoms with E-state index in [9.17, 15) is 14.4 Å². The fourth-order valence-corrected chi connectivity index (χ4v) is 2.32. The summed E-state index contributed by atoms with van der Waals surface area (Å²) in [7, 11) is 0. The van der Waals surface area contributed by atoms with Crippen molar-refractivity contribution in [3.05, 3.63) is 0 Å². The lowest BCUT2D eigenvalue weighted by Crippen LogP contribution is -2.49. The minimum absolute atomic E-state index is 0.0101. The predicted octanol–water partition coefficient (Wildman–Crippen LogP) is -0.398. The highest BCUT2D eigenvalue weighted by Crippen LogP contribution is 2.21. The van der Waals surface area contributed by atoms with Crippen LogP contribution in [-0.4, -0.2) is 53.3 Å². The summed E-state index contributed by atoms with van der Waals surface area (Å²) < 4.78 is 0. The maximum atomic E-state index is 11.9. The van der Waals surface area contributed by atoms with E-state index < -0.39 is 6.04 Å². The highest BCUT2D eigenvalue weighted by molar-refractivity contribution is 5.88. The molecule has 4 N–H and O–H groups in total. The minimum atomic E-state index is -0.628. The minimum Gasteiger partial charge on any atom is -0.350 e. The lowest BCUT2D eigenvalue weighted by atomic mass is 10.1. The van der Waals surface area contributed by atoms with Crippen molar-refractivity contribution in [1.29, 1.82) is 0 Å². The maximum Gasteiger partial charge on any atom is 0.239 e. The number of nitrogens with zero attached hydrogens (tertiary/aromatic N) is 1. The zero-order chi connectivity index (χ0) is 17.1. The molecule has 7 heteroatoms. The Hall–Kier alpha value is -1.63. The molecule has 0 saturated carbocycles. The average molecular weight is 312 g/mol. The lowest BCUT2D eigenvalue weighted by Gasteiger charge is -2.32. The van der Waals surface area contributed by atoms with Gasteiger partial charge in [-0.3, -0.25) is 14.4 Å². The van der Waals surface area contributed by atoms with Crippen molar-refractivity contribution in [1.82, 2.24) is 15.5 Å². The molecule has 1 aliphatic rings. The summed E-state index contributed by atoms with van der Waals surface area (Å²) in [6.07, 6.45) is 0.294. The van der Waals surface area contributed by atoms with Gasteiger partial charge >= 0.3 is 0 Å². The number of rotatable bonds is 5. The van der Waals surface area contributed by atoms with Gasteiger partial charge in [0.1, 0.15) is 0 Å². The number of nitrogens with two attached hydrogens (primary N) is 1. The molecule has 1 saturated heterocycles. The Morgan fingerprint density at radius 3 is 2.41 bits per heavy atom. The van der Waals surface area contributed by atoms with Crippen LogP contribution in [0.2, 0.25) is 0 Å². The van der Waals surface area contributed by atoms with Crippen molar-refractivity contribution < 1.29 is 14.4 Å². The van der Waals surface area contributed by atoms with E-state index in [2.05, 4.69) is 10.6 Å². The van der Waals surface area contributed by atoms with Crippen LogP contribution in [0.3, 0.4) is 0 Å². The van der Waals surface area contributed by atoms with Crippen LogP contribution in [0.5, 0.6) is 0 Å². The number of amides is 3. The molecule has 7 nitrogen and oxygen atoms in total. The molecular weight excluding hydrogens is 284 g/mol. The van der Waals surface area contributed by atoms with Gasteiger partial charge in [-0.15, -0.1) is 0 Å². The zero-order valence-electron chi connectivity index (χ0n) is 14.1. The molecule has 0 spiro atoms. The van der Waals surface area contributed by atoms with Crippen molar-refractivity contribution >= 4 is 17.7 Å². The topological polar surface area (TPSA) is 105 Å². The van der Waals surface area contributed by atoms with Gasteiger partial charge in [-0.05, 0) is 26.7 Å². The molecule has 1 fully saturated rings. The number of carbonyl (C=O) groups excluding carboxylic acids is 3. The molecule has 2 atom stereocenters. The molecule has 0 aliphatic carbocycles. The van der Waals surface area contributed by atoms with Crippen molar-refractivity contribution in [2.75, 3.05) is 13.1 Å². The molecule has 1 heterocycles. The summed E-state index contributed by atoms with van der Waals surface area (Å²) in [4.78, 5) is 37.2. The summed E-state index contributed by atoms with van der Waals surface area (Å²) in [5.74, 6) is -0.610. The summed E-state index contributed by atoms with van der Waals surface area (Å²) in [5.41, 5.74) is 5.44. The van der Waals surface area contributed by atoms with Gasteiger partial charge < -0.3 is 21.3 Å². The summed E-state index contributed by atoms with van der Waals surface area (Å²) in [6.45, 7) is 9.94. The van der Waals surface area contributed by atoms with Crippen LogP contribution >= 0.6 is 0 Å². The van der Waals surface area contributed by atoms with E-state index in [0.29, 0.717) is 13.0 Å². The maximum absolute atomic E-state index is 11.9. The molecule has 0 aromatic carbocycles. The van der Waals surface area contributed by atoms with Gasteiger partial charge in [0, 0.05) is 18.5 Å². The van der Waals surface area contributed by atoms with Crippen molar-refractivity contribution in [2.24, 2.45) is 11.7 Å². The summed E-state index contributed by atoms with van der Waals surface area (Å²) >= 11 is 0. The molecule has 3 amide bonds. The van der Waals surface area contributed by atoms with E-state index in [1.807, 2.05) is 34.6 Å². The average Bonchev–Trinajstić information content (AvgIpc) is 2.75. The normalized spacial score (nSPS) is 20.2. The highest BCUT2D eigenvalue weighted by atomic mass is 16.2. The van der Waals surface area contributed by atoms with Crippen molar-refractivity contribution in [2.45, 2.75) is 58.7 Å². The van der Waals surface area contributed by atoms with Gasteiger partial charge in [0.15, 0.2) is 0 Å². The number of carbonyl (C=O) groups is 3. The summed E-state index contributed by atoms with van der Waals surface area (Å²) in [5, 5.41) is 5.29. The molecule has 0 bridgehead atoms. The van der Waals surface area contributed by atoms with Crippen LogP contribution in [0.4, 0.5) is 0 Å². The first-order valence-corrected chi connectivity index (χ1v) is 7.65. The van der Waals surface area contributed by atoms with E-state index in [-0.39, 0.29) is 41.8 Å². The fourth-order valence-electron chi connectivity index (χ4n) is 2.32. The predicted molar refractivity (Wildman–Crippen MR) is 83.8 cm³/mol. The molecular formula is C15H28N4O3. The Kier molecular flexibility index (Phi) is 5.93. The van der Waals surface area contributed by atoms with Crippen molar-refractivity contribution in [3.8, 4) is 0 Å². The van der Waals surface area contributed by atoms with Crippen LogP contribution < -0.4 is 16.4 Å². The van der Waals surface area contributed by atoms with E-state index in [1.54, 1.807) is 4.90 Å². The van der Waals surface area contributed by atoms with Crippen LogP contribution in [0.1, 0.15) is 41.0 Å². The Balaban J connectivity index is 2.41. The van der Waals surface area contributed by atoms with Gasteiger partial charge in [0.25, 0.3) is 0 Å². The first-order valence-electron chi connectivity index (χ1n) is 7.65. The Labute approximate surface area is 132 Å². The van der Waals surface area contributed by atoms with Gasteiger partial charge in [-0.25, -0.2) is 0 Å². The van der Waals surface area contributed by atoms with Crippen molar-refractivity contribution in [3.63, 3.8) is 0 Å². The number of likely N-dealkylation sites (tertiary alicyclic amines) is 1. The first-order chi connectivity index (χ1) is 10.0. The fraction of sp³-hybridized carbons (Fsp3) is 0.800. The van der Waals surface area contributed by atoms with Gasteiger partial charge in [-0.1, -0.05) is 13.8 Å². The molecule has 0 radical (unpaired) electrons. The SMILES string of the molecule is CC(C)[C@H](N)C(=O)NCC(=O)NC1CC(=O)N(C(C)(C)C)C1. The molecule has 0 aromatic heterocycles. The number of nitrogens with one attached hydrogen (secondary N) is 2. The van der Waals surface area contributed by atoms with Gasteiger partial charge in [0.05, 0.1) is 18.6 Å². The van der Waals surface area contributed by atoms with E-state index >= 15 is 0 Å². The third-order valence-electron chi connectivity index (χ3n) is 3.74. The standard InChI is InChI=1S/C15H28N4O3/c1-9(2)13(16)14(22)17-7-11(20)18-10-6-12(21)19(8-10)15(3,4)5/h9-10,13H,6-8,16H2,1-5H3,(H,17,22)(H,18,20)/t10?,13-/m0/s1. The zero-order valence-corrected chi connectivity index (χ0v) is 14.1.